The number of carbonyl (C=O) groups is 1. The topological polar surface area (TPSA) is 77.7 Å². The number of rotatable bonds is 5. The summed E-state index contributed by atoms with van der Waals surface area (Å²) in [5, 5.41) is 10.9. The highest BCUT2D eigenvalue weighted by Gasteiger charge is 2.17. The molecule has 0 aliphatic rings. The predicted octanol–water partition coefficient (Wildman–Crippen LogP) is 1.87. The molecule has 2 aromatic carbocycles. The normalized spacial score (nSPS) is 12.0. The molecule has 0 saturated carbocycles. The summed E-state index contributed by atoms with van der Waals surface area (Å²) in [6, 6.07) is 17.2. The lowest BCUT2D eigenvalue weighted by Gasteiger charge is -2.04. The molecule has 1 unspecified atom stereocenters. The van der Waals surface area contributed by atoms with Crippen molar-refractivity contribution in [2.75, 3.05) is 5.75 Å². The lowest BCUT2D eigenvalue weighted by Crippen LogP contribution is -2.14. The standard InChI is InChI=1S/C16H14N4O2S/c1-20-16(17-18-19-20)23(22)11-15(21)14-9-7-13(8-10-14)12-5-3-2-4-6-12/h2-10H,11H2,1H3. The first-order valence-electron chi connectivity index (χ1n) is 6.94. The Bertz CT molecular complexity index is 844. The smallest absolute Gasteiger partial charge is 0.239 e. The van der Waals surface area contributed by atoms with Gasteiger partial charge in [-0.25, -0.2) is 4.68 Å². The van der Waals surface area contributed by atoms with Gasteiger partial charge in [0.15, 0.2) is 5.78 Å². The second-order valence-electron chi connectivity index (χ2n) is 4.94. The molecule has 0 aliphatic carbocycles. The van der Waals surface area contributed by atoms with Crippen LogP contribution in [-0.2, 0) is 17.8 Å². The van der Waals surface area contributed by atoms with Gasteiger partial charge in [-0.1, -0.05) is 59.7 Å². The van der Waals surface area contributed by atoms with Gasteiger partial charge in [-0.2, -0.15) is 0 Å². The van der Waals surface area contributed by atoms with Crippen LogP contribution in [-0.4, -0.2) is 36.0 Å². The number of ketones is 1. The molecule has 7 heteroatoms. The summed E-state index contributed by atoms with van der Waals surface area (Å²) in [5.74, 6) is -0.343. The Morgan fingerprint density at radius 2 is 1.70 bits per heavy atom. The van der Waals surface area contributed by atoms with E-state index in [1.54, 1.807) is 19.2 Å². The van der Waals surface area contributed by atoms with Crippen molar-refractivity contribution in [2.24, 2.45) is 7.05 Å². The Hall–Kier alpha value is -2.67. The second-order valence-corrected chi connectivity index (χ2v) is 6.29. The molecule has 0 N–H and O–H groups in total. The first-order chi connectivity index (χ1) is 11.1. The average Bonchev–Trinajstić information content (AvgIpc) is 3.02. The van der Waals surface area contributed by atoms with Crippen LogP contribution in [0, 0.1) is 0 Å². The van der Waals surface area contributed by atoms with Crippen LogP contribution in [0.3, 0.4) is 0 Å². The van der Waals surface area contributed by atoms with Gasteiger partial charge in [0.05, 0.1) is 5.75 Å². The largest absolute Gasteiger partial charge is 0.293 e. The number of nitrogens with zero attached hydrogens (tertiary/aromatic N) is 4. The molecule has 116 valence electrons. The van der Waals surface area contributed by atoms with Crippen LogP contribution in [0.5, 0.6) is 0 Å². The summed E-state index contributed by atoms with van der Waals surface area (Å²) in [6.45, 7) is 0. The maximum absolute atomic E-state index is 12.2. The molecule has 3 rings (SSSR count). The van der Waals surface area contributed by atoms with Crippen molar-refractivity contribution < 1.29 is 9.00 Å². The first kappa shape index (κ1) is 15.2. The summed E-state index contributed by atoms with van der Waals surface area (Å²) < 4.78 is 13.4. The van der Waals surface area contributed by atoms with Gasteiger partial charge in [-0.3, -0.25) is 9.00 Å². The predicted molar refractivity (Wildman–Crippen MR) is 86.3 cm³/mol. The summed E-state index contributed by atoms with van der Waals surface area (Å²) in [6.07, 6.45) is 0. The monoisotopic (exact) mass is 326 g/mol. The molecule has 6 nitrogen and oxygen atoms in total. The number of benzene rings is 2. The van der Waals surface area contributed by atoms with Crippen LogP contribution in [0.4, 0.5) is 0 Å². The van der Waals surface area contributed by atoms with Crippen LogP contribution in [0.15, 0.2) is 59.8 Å². The fourth-order valence-electron chi connectivity index (χ4n) is 2.16. The third-order valence-corrected chi connectivity index (χ3v) is 4.64. The van der Waals surface area contributed by atoms with Crippen molar-refractivity contribution in [3.05, 3.63) is 60.2 Å². The molecule has 1 atom stereocenters. The molecular formula is C16H14N4O2S. The Morgan fingerprint density at radius 1 is 1.04 bits per heavy atom. The van der Waals surface area contributed by atoms with Gasteiger partial charge in [0.25, 0.3) is 0 Å². The molecule has 0 radical (unpaired) electrons. The molecule has 1 heterocycles. The zero-order chi connectivity index (χ0) is 16.2. The van der Waals surface area contributed by atoms with E-state index in [1.807, 2.05) is 42.5 Å². The maximum Gasteiger partial charge on any atom is 0.239 e. The van der Waals surface area contributed by atoms with E-state index in [0.717, 1.165) is 11.1 Å². The van der Waals surface area contributed by atoms with Gasteiger partial charge in [0, 0.05) is 12.6 Å². The van der Waals surface area contributed by atoms with Crippen molar-refractivity contribution in [3.8, 4) is 11.1 Å². The number of Topliss-reactive ketones (excluding diaryl/α,β-unsaturated/α-hetero) is 1. The third kappa shape index (κ3) is 3.40. The zero-order valence-corrected chi connectivity index (χ0v) is 13.2. The molecule has 0 fully saturated rings. The van der Waals surface area contributed by atoms with E-state index in [0.29, 0.717) is 5.56 Å². The maximum atomic E-state index is 12.2. The Kier molecular flexibility index (Phi) is 4.38. The fourth-order valence-corrected chi connectivity index (χ4v) is 3.15. The van der Waals surface area contributed by atoms with Crippen molar-refractivity contribution in [3.63, 3.8) is 0 Å². The minimum atomic E-state index is -1.56. The lowest BCUT2D eigenvalue weighted by atomic mass is 10.0. The zero-order valence-electron chi connectivity index (χ0n) is 12.4. The molecule has 1 aromatic heterocycles. The van der Waals surface area contributed by atoms with E-state index in [1.165, 1.54) is 4.68 Å². The highest BCUT2D eigenvalue weighted by molar-refractivity contribution is 7.85. The van der Waals surface area contributed by atoms with Crippen LogP contribution in [0.2, 0.25) is 0 Å². The van der Waals surface area contributed by atoms with Crippen LogP contribution >= 0.6 is 0 Å². The first-order valence-corrected chi connectivity index (χ1v) is 8.26. The van der Waals surface area contributed by atoms with E-state index in [4.69, 9.17) is 0 Å². The SMILES string of the molecule is Cn1nnnc1S(=O)CC(=O)c1ccc(-c2ccccc2)cc1. The van der Waals surface area contributed by atoms with Gasteiger partial charge in [-0.15, -0.1) is 0 Å². The van der Waals surface area contributed by atoms with E-state index >= 15 is 0 Å². The number of hydrogen-bond acceptors (Lipinski definition) is 5. The minimum absolute atomic E-state index is 0.140. The van der Waals surface area contributed by atoms with Gasteiger partial charge < -0.3 is 0 Å². The van der Waals surface area contributed by atoms with Crippen molar-refractivity contribution in [1.29, 1.82) is 0 Å². The Labute approximate surface area is 135 Å². The number of tetrazole rings is 1. The lowest BCUT2D eigenvalue weighted by molar-refractivity contribution is 0.102. The molecule has 0 bridgehead atoms. The molecule has 0 amide bonds. The highest BCUT2D eigenvalue weighted by atomic mass is 32.2. The summed E-state index contributed by atoms with van der Waals surface area (Å²) >= 11 is 0. The number of aryl methyl sites for hydroxylation is 1. The summed E-state index contributed by atoms with van der Waals surface area (Å²) in [5.41, 5.74) is 2.63. The number of hydrogen-bond donors (Lipinski definition) is 0. The molecule has 0 spiro atoms. The van der Waals surface area contributed by atoms with E-state index < -0.39 is 10.8 Å². The number of carbonyl (C=O) groups excluding carboxylic acids is 1. The van der Waals surface area contributed by atoms with Crippen LogP contribution < -0.4 is 0 Å². The Morgan fingerprint density at radius 3 is 2.30 bits per heavy atom. The summed E-state index contributed by atoms with van der Waals surface area (Å²) in [7, 11) is 0.0312. The van der Waals surface area contributed by atoms with Gasteiger partial charge >= 0.3 is 0 Å². The minimum Gasteiger partial charge on any atom is -0.293 e. The van der Waals surface area contributed by atoms with Crippen LogP contribution in [0.25, 0.3) is 11.1 Å². The van der Waals surface area contributed by atoms with E-state index in [2.05, 4.69) is 15.5 Å². The van der Waals surface area contributed by atoms with E-state index in [9.17, 15) is 9.00 Å². The van der Waals surface area contributed by atoms with Gasteiger partial charge in [-0.05, 0) is 21.6 Å². The summed E-state index contributed by atoms with van der Waals surface area (Å²) in [4.78, 5) is 12.2. The molecule has 0 saturated heterocycles. The Balaban J connectivity index is 1.73. The highest BCUT2D eigenvalue weighted by Crippen LogP contribution is 2.19. The van der Waals surface area contributed by atoms with Gasteiger partial charge in [0.1, 0.15) is 10.8 Å². The number of aromatic nitrogens is 4. The molecular weight excluding hydrogens is 312 g/mol. The van der Waals surface area contributed by atoms with E-state index in [-0.39, 0.29) is 16.7 Å². The third-order valence-electron chi connectivity index (χ3n) is 3.36. The quantitative estimate of drug-likeness (QED) is 0.669. The van der Waals surface area contributed by atoms with Crippen molar-refractivity contribution in [2.45, 2.75) is 5.16 Å². The molecule has 23 heavy (non-hydrogen) atoms. The van der Waals surface area contributed by atoms with Crippen molar-refractivity contribution >= 4 is 16.6 Å². The fraction of sp³-hybridized carbons (Fsp3) is 0.125. The molecule has 3 aromatic rings. The van der Waals surface area contributed by atoms with Crippen LogP contribution in [0.1, 0.15) is 10.4 Å². The second kappa shape index (κ2) is 6.62. The van der Waals surface area contributed by atoms with Crippen molar-refractivity contribution in [1.82, 2.24) is 20.2 Å². The van der Waals surface area contributed by atoms with Gasteiger partial charge in [0.2, 0.25) is 5.16 Å². The molecule has 0 aliphatic heterocycles. The average molecular weight is 326 g/mol.